The van der Waals surface area contributed by atoms with Gasteiger partial charge in [-0.15, -0.1) is 11.3 Å². The van der Waals surface area contributed by atoms with E-state index in [2.05, 4.69) is 0 Å². The zero-order chi connectivity index (χ0) is 11.9. The van der Waals surface area contributed by atoms with Crippen LogP contribution >= 0.6 is 11.3 Å². The molecule has 0 atom stereocenters. The van der Waals surface area contributed by atoms with Gasteiger partial charge in [0.25, 0.3) is 0 Å². The standard InChI is InChI=1S/C10H10O4S2.K/c1-6-8-5-7(14-2)3-4-9(8)15-10(6)16(11,12)13;/h3-5H,1-2H3,(H,11,12,13);/q;+1/p-1. The zero-order valence-corrected chi connectivity index (χ0v) is 14.4. The van der Waals surface area contributed by atoms with Gasteiger partial charge in [0.1, 0.15) is 20.1 Å². The fraction of sp³-hybridized carbons (Fsp3) is 0.200. The van der Waals surface area contributed by atoms with Crippen molar-refractivity contribution in [3.63, 3.8) is 0 Å². The van der Waals surface area contributed by atoms with Crippen LogP contribution in [0.1, 0.15) is 5.56 Å². The first kappa shape index (κ1) is 15.6. The summed E-state index contributed by atoms with van der Waals surface area (Å²) in [6, 6.07) is 5.22. The maximum atomic E-state index is 11.0. The number of rotatable bonds is 2. The summed E-state index contributed by atoms with van der Waals surface area (Å²) in [6.07, 6.45) is 0. The molecular weight excluding hydrogens is 287 g/mol. The minimum atomic E-state index is -4.39. The molecule has 0 spiro atoms. The second-order valence-corrected chi connectivity index (χ2v) is 5.96. The predicted molar refractivity (Wildman–Crippen MR) is 61.1 cm³/mol. The molecule has 4 nitrogen and oxygen atoms in total. The van der Waals surface area contributed by atoms with E-state index >= 15 is 0 Å². The van der Waals surface area contributed by atoms with Gasteiger partial charge in [0.2, 0.25) is 0 Å². The minimum absolute atomic E-state index is 0. The SMILES string of the molecule is COc1ccc2sc(S(=O)(=O)[O-])c(C)c2c1.[K+]. The van der Waals surface area contributed by atoms with Gasteiger partial charge in [-0.3, -0.25) is 0 Å². The van der Waals surface area contributed by atoms with Crippen molar-refractivity contribution in [3.8, 4) is 5.75 Å². The van der Waals surface area contributed by atoms with E-state index in [0.717, 1.165) is 21.4 Å². The van der Waals surface area contributed by atoms with Crippen molar-refractivity contribution in [3.05, 3.63) is 23.8 Å². The zero-order valence-electron chi connectivity index (χ0n) is 9.68. The molecular formula is C10H9KO4S2. The molecule has 0 bridgehead atoms. The maximum absolute atomic E-state index is 11.0. The van der Waals surface area contributed by atoms with Crippen LogP contribution in [0.3, 0.4) is 0 Å². The van der Waals surface area contributed by atoms with E-state index in [1.54, 1.807) is 25.1 Å². The minimum Gasteiger partial charge on any atom is -0.743 e. The number of hydrogen-bond acceptors (Lipinski definition) is 5. The van der Waals surface area contributed by atoms with Crippen molar-refractivity contribution >= 4 is 31.5 Å². The summed E-state index contributed by atoms with van der Waals surface area (Å²) in [5.74, 6) is 0.642. The summed E-state index contributed by atoms with van der Waals surface area (Å²) >= 11 is 0.994. The Morgan fingerprint density at radius 1 is 1.35 bits per heavy atom. The average molecular weight is 296 g/mol. The molecule has 0 aliphatic carbocycles. The quantitative estimate of drug-likeness (QED) is 0.533. The van der Waals surface area contributed by atoms with E-state index < -0.39 is 10.1 Å². The van der Waals surface area contributed by atoms with Crippen LogP contribution in [-0.4, -0.2) is 20.1 Å². The molecule has 7 heteroatoms. The number of thiophene rings is 1. The molecule has 17 heavy (non-hydrogen) atoms. The van der Waals surface area contributed by atoms with Gasteiger partial charge in [-0.25, -0.2) is 8.42 Å². The van der Waals surface area contributed by atoms with Crippen molar-refractivity contribution in [2.24, 2.45) is 0 Å². The molecule has 2 rings (SSSR count). The Balaban J connectivity index is 0.00000144. The van der Waals surface area contributed by atoms with Gasteiger partial charge in [0.15, 0.2) is 0 Å². The normalized spacial score (nSPS) is 11.2. The van der Waals surface area contributed by atoms with Crippen LogP contribution in [0.5, 0.6) is 5.75 Å². The topological polar surface area (TPSA) is 66.4 Å². The molecule has 0 unspecified atom stereocenters. The number of ether oxygens (including phenoxy) is 1. The largest absolute Gasteiger partial charge is 1.00 e. The first-order chi connectivity index (χ1) is 7.43. The number of fused-ring (bicyclic) bond motifs is 1. The van der Waals surface area contributed by atoms with E-state index in [0.29, 0.717) is 11.3 Å². The molecule has 0 fully saturated rings. The Morgan fingerprint density at radius 2 is 2.00 bits per heavy atom. The maximum Gasteiger partial charge on any atom is 1.00 e. The number of methoxy groups -OCH3 is 1. The van der Waals surface area contributed by atoms with Crippen LogP contribution in [0.15, 0.2) is 22.4 Å². The number of hydrogen-bond donors (Lipinski definition) is 0. The molecule has 0 amide bonds. The second-order valence-electron chi connectivity index (χ2n) is 3.33. The molecule has 1 aromatic heterocycles. The van der Waals surface area contributed by atoms with Crippen molar-refractivity contribution in [1.29, 1.82) is 0 Å². The van der Waals surface area contributed by atoms with Crippen molar-refractivity contribution < 1.29 is 69.1 Å². The van der Waals surface area contributed by atoms with Crippen LogP contribution in [-0.2, 0) is 10.1 Å². The fourth-order valence-corrected chi connectivity index (χ4v) is 3.63. The van der Waals surface area contributed by atoms with E-state index in [4.69, 9.17) is 4.74 Å². The van der Waals surface area contributed by atoms with E-state index in [9.17, 15) is 13.0 Å². The average Bonchev–Trinajstić information content (AvgIpc) is 2.55. The molecule has 0 saturated carbocycles. The molecule has 2 aromatic rings. The van der Waals surface area contributed by atoms with E-state index in [1.807, 2.05) is 0 Å². The molecule has 0 aliphatic heterocycles. The summed E-state index contributed by atoms with van der Waals surface area (Å²) in [5.41, 5.74) is 0.494. The van der Waals surface area contributed by atoms with Gasteiger partial charge in [-0.05, 0) is 30.7 Å². The molecule has 86 valence electrons. The molecule has 0 saturated heterocycles. The van der Waals surface area contributed by atoms with Crippen LogP contribution in [0.4, 0.5) is 0 Å². The first-order valence-corrected chi connectivity index (χ1v) is 6.69. The van der Waals surface area contributed by atoms with Crippen LogP contribution < -0.4 is 56.1 Å². The summed E-state index contributed by atoms with van der Waals surface area (Å²) in [4.78, 5) is 0. The van der Waals surface area contributed by atoms with E-state index in [-0.39, 0.29) is 55.6 Å². The van der Waals surface area contributed by atoms with Gasteiger partial charge in [0.05, 0.1) is 7.11 Å². The van der Waals surface area contributed by atoms with Crippen molar-refractivity contribution in [1.82, 2.24) is 0 Å². The third-order valence-corrected chi connectivity index (χ3v) is 5.02. The third kappa shape index (κ3) is 3.10. The number of benzene rings is 1. The molecule has 0 radical (unpaired) electrons. The van der Waals surface area contributed by atoms with Crippen molar-refractivity contribution in [2.45, 2.75) is 11.1 Å². The smallest absolute Gasteiger partial charge is 0.743 e. The molecule has 0 aliphatic rings. The molecule has 1 heterocycles. The van der Waals surface area contributed by atoms with Crippen LogP contribution in [0.25, 0.3) is 10.1 Å². The second kappa shape index (κ2) is 5.66. The fourth-order valence-electron chi connectivity index (χ4n) is 1.54. The van der Waals surface area contributed by atoms with E-state index in [1.165, 1.54) is 7.11 Å². The Hall–Kier alpha value is 0.526. The Kier molecular flexibility index (Phi) is 5.19. The van der Waals surface area contributed by atoms with Crippen molar-refractivity contribution in [2.75, 3.05) is 7.11 Å². The van der Waals surface area contributed by atoms with Gasteiger partial charge in [-0.1, -0.05) is 0 Å². The monoisotopic (exact) mass is 296 g/mol. The van der Waals surface area contributed by atoms with Gasteiger partial charge in [0, 0.05) is 10.1 Å². The molecule has 0 N–H and O–H groups in total. The summed E-state index contributed by atoms with van der Waals surface area (Å²) in [7, 11) is -2.85. The Bertz CT molecular complexity index is 646. The number of aryl methyl sites for hydroxylation is 1. The molecule has 1 aromatic carbocycles. The van der Waals surface area contributed by atoms with Gasteiger partial charge < -0.3 is 9.29 Å². The summed E-state index contributed by atoms with van der Waals surface area (Å²) in [5, 5.41) is 0.749. The summed E-state index contributed by atoms with van der Waals surface area (Å²) < 4.78 is 38.7. The third-order valence-electron chi connectivity index (χ3n) is 2.33. The summed E-state index contributed by atoms with van der Waals surface area (Å²) in [6.45, 7) is 1.63. The Morgan fingerprint density at radius 3 is 2.53 bits per heavy atom. The van der Waals surface area contributed by atoms with Gasteiger partial charge in [-0.2, -0.15) is 0 Å². The first-order valence-electron chi connectivity index (χ1n) is 4.46. The van der Waals surface area contributed by atoms with Gasteiger partial charge >= 0.3 is 51.4 Å². The van der Waals surface area contributed by atoms with Crippen LogP contribution in [0, 0.1) is 6.92 Å². The Labute approximate surface area is 146 Å². The predicted octanol–water partition coefficient (Wildman–Crippen LogP) is -0.874. The van der Waals surface area contributed by atoms with Crippen LogP contribution in [0.2, 0.25) is 0 Å².